The van der Waals surface area contributed by atoms with Crippen molar-refractivity contribution >= 4 is 35.0 Å². The number of unbranched alkanes of at least 4 members (excludes halogenated alkanes) is 1. The number of nitriles is 1. The minimum Gasteiger partial charge on any atom is -0.468 e. The molecule has 0 radical (unpaired) electrons. The first kappa shape index (κ1) is 27.7. The predicted octanol–water partition coefficient (Wildman–Crippen LogP) is 6.47. The molecular weight excluding hydrogens is 515 g/mol. The van der Waals surface area contributed by atoms with Crippen LogP contribution in [0, 0.1) is 17.1 Å². The molecule has 0 unspecified atom stereocenters. The standard InChI is InChI=1S/C30H29FN4O3S/c1-3-4-8-20-12-14-21(15-13-20)34-26(36)18-39-30-22(17-32)28(25-11-7-16-38-25)27(19(2)33-30)29(37)35-24-10-6-5-9-23(24)31/h5-7,9-16,28,33H,3-4,8,18H2,1-2H3,(H,34,36)(H,35,37)/t28-/m0/s1. The van der Waals surface area contributed by atoms with Crippen molar-refractivity contribution in [3.05, 3.63) is 106 Å². The predicted molar refractivity (Wildman–Crippen MR) is 151 cm³/mol. The van der Waals surface area contributed by atoms with Gasteiger partial charge in [-0.2, -0.15) is 5.26 Å². The van der Waals surface area contributed by atoms with Gasteiger partial charge in [0.15, 0.2) is 0 Å². The van der Waals surface area contributed by atoms with Gasteiger partial charge in [0.05, 0.1) is 45.9 Å². The molecule has 9 heteroatoms. The van der Waals surface area contributed by atoms with Gasteiger partial charge < -0.3 is 20.4 Å². The number of thioether (sulfide) groups is 1. The number of halogens is 1. The summed E-state index contributed by atoms with van der Waals surface area (Å²) in [4.78, 5) is 26.0. The number of benzene rings is 2. The number of carbonyl (C=O) groups excluding carboxylic acids is 2. The molecule has 200 valence electrons. The van der Waals surface area contributed by atoms with Crippen molar-refractivity contribution in [2.45, 2.75) is 39.0 Å². The van der Waals surface area contributed by atoms with Gasteiger partial charge in [0.2, 0.25) is 5.91 Å². The van der Waals surface area contributed by atoms with Crippen LogP contribution in [-0.2, 0) is 16.0 Å². The number of anilines is 2. The lowest BCUT2D eigenvalue weighted by molar-refractivity contribution is -0.114. The van der Waals surface area contributed by atoms with Gasteiger partial charge in [-0.15, -0.1) is 0 Å². The van der Waals surface area contributed by atoms with Crippen molar-refractivity contribution in [3.63, 3.8) is 0 Å². The number of furan rings is 1. The molecule has 1 aliphatic heterocycles. The molecule has 0 aliphatic carbocycles. The summed E-state index contributed by atoms with van der Waals surface area (Å²) >= 11 is 1.16. The van der Waals surface area contributed by atoms with E-state index in [4.69, 9.17) is 4.42 Å². The van der Waals surface area contributed by atoms with Gasteiger partial charge in [-0.3, -0.25) is 9.59 Å². The molecule has 1 atom stereocenters. The molecular formula is C30H29FN4O3S. The van der Waals surface area contributed by atoms with Crippen LogP contribution in [0.1, 0.15) is 43.9 Å². The number of carbonyl (C=O) groups is 2. The Morgan fingerprint density at radius 1 is 1.10 bits per heavy atom. The van der Waals surface area contributed by atoms with Crippen molar-refractivity contribution in [1.29, 1.82) is 5.26 Å². The third-order valence-electron chi connectivity index (χ3n) is 6.25. The lowest BCUT2D eigenvalue weighted by atomic mass is 9.85. The minimum atomic E-state index is -0.834. The van der Waals surface area contributed by atoms with E-state index in [2.05, 4.69) is 28.9 Å². The quantitative estimate of drug-likeness (QED) is 0.270. The van der Waals surface area contributed by atoms with Gasteiger partial charge in [0.25, 0.3) is 5.91 Å². The number of hydrogen-bond donors (Lipinski definition) is 3. The normalized spacial score (nSPS) is 15.0. The van der Waals surface area contributed by atoms with Gasteiger partial charge in [-0.25, -0.2) is 4.39 Å². The zero-order valence-electron chi connectivity index (χ0n) is 21.7. The molecule has 39 heavy (non-hydrogen) atoms. The molecule has 1 aromatic heterocycles. The molecule has 0 bridgehead atoms. The van der Waals surface area contributed by atoms with Crippen LogP contribution in [0.3, 0.4) is 0 Å². The maximum Gasteiger partial charge on any atom is 0.254 e. The number of allylic oxidation sites excluding steroid dienone is 2. The van der Waals surface area contributed by atoms with Crippen LogP contribution in [0.4, 0.5) is 15.8 Å². The van der Waals surface area contributed by atoms with Crippen molar-refractivity contribution in [1.82, 2.24) is 5.32 Å². The average molecular weight is 545 g/mol. The maximum atomic E-state index is 14.2. The Morgan fingerprint density at radius 2 is 1.87 bits per heavy atom. The summed E-state index contributed by atoms with van der Waals surface area (Å²) in [6.07, 6.45) is 4.70. The van der Waals surface area contributed by atoms with Crippen LogP contribution < -0.4 is 16.0 Å². The van der Waals surface area contributed by atoms with E-state index in [-0.39, 0.29) is 28.5 Å². The smallest absolute Gasteiger partial charge is 0.254 e. The topological polar surface area (TPSA) is 107 Å². The second-order valence-electron chi connectivity index (χ2n) is 9.04. The molecule has 2 aromatic carbocycles. The SMILES string of the molecule is CCCCc1ccc(NC(=O)CSC2=C(C#N)[C@@H](c3ccco3)C(C(=O)Nc3ccccc3F)=C(C)N2)cc1. The second kappa shape index (κ2) is 13.0. The number of amides is 2. The molecule has 0 fully saturated rings. The van der Waals surface area contributed by atoms with Crippen molar-refractivity contribution < 1.29 is 18.4 Å². The van der Waals surface area contributed by atoms with Gasteiger partial charge in [-0.05, 0) is 61.7 Å². The van der Waals surface area contributed by atoms with E-state index in [0.29, 0.717) is 22.2 Å². The first-order chi connectivity index (χ1) is 18.9. The van der Waals surface area contributed by atoms with E-state index in [0.717, 1.165) is 31.0 Å². The Hall–Kier alpha value is -4.29. The summed E-state index contributed by atoms with van der Waals surface area (Å²) in [5, 5.41) is 19.2. The zero-order chi connectivity index (χ0) is 27.8. The van der Waals surface area contributed by atoms with Gasteiger partial charge in [-0.1, -0.05) is 49.4 Å². The van der Waals surface area contributed by atoms with Crippen LogP contribution in [0.25, 0.3) is 0 Å². The summed E-state index contributed by atoms with van der Waals surface area (Å²) in [7, 11) is 0. The molecule has 3 aromatic rings. The lowest BCUT2D eigenvalue weighted by Gasteiger charge is -2.28. The summed E-state index contributed by atoms with van der Waals surface area (Å²) in [6, 6.07) is 19.2. The molecule has 0 saturated carbocycles. The fourth-order valence-electron chi connectivity index (χ4n) is 4.29. The molecule has 2 amide bonds. The highest BCUT2D eigenvalue weighted by Gasteiger charge is 2.36. The number of hydrogen-bond acceptors (Lipinski definition) is 6. The fourth-order valence-corrected chi connectivity index (χ4v) is 5.18. The number of nitrogens with zero attached hydrogens (tertiary/aromatic N) is 1. The minimum absolute atomic E-state index is 0.0266. The highest BCUT2D eigenvalue weighted by molar-refractivity contribution is 8.03. The lowest BCUT2D eigenvalue weighted by Crippen LogP contribution is -2.31. The highest BCUT2D eigenvalue weighted by atomic mass is 32.2. The zero-order valence-corrected chi connectivity index (χ0v) is 22.5. The molecule has 7 nitrogen and oxygen atoms in total. The third-order valence-corrected chi connectivity index (χ3v) is 7.26. The summed E-state index contributed by atoms with van der Waals surface area (Å²) in [6.45, 7) is 3.84. The molecule has 0 spiro atoms. The Kier molecular flexibility index (Phi) is 9.23. The van der Waals surface area contributed by atoms with Gasteiger partial charge in [0.1, 0.15) is 11.6 Å². The van der Waals surface area contributed by atoms with Crippen LogP contribution in [0.15, 0.2) is 93.2 Å². The summed E-state index contributed by atoms with van der Waals surface area (Å²) < 4.78 is 19.8. The molecule has 4 rings (SSSR count). The largest absolute Gasteiger partial charge is 0.468 e. The van der Waals surface area contributed by atoms with E-state index in [1.807, 2.05) is 24.3 Å². The Bertz CT molecular complexity index is 1440. The van der Waals surface area contributed by atoms with E-state index in [1.54, 1.807) is 25.1 Å². The number of nitrogens with one attached hydrogen (secondary N) is 3. The maximum absolute atomic E-state index is 14.2. The first-order valence-electron chi connectivity index (χ1n) is 12.6. The number of para-hydroxylation sites is 1. The van der Waals surface area contributed by atoms with Crippen LogP contribution in [-0.4, -0.2) is 17.6 Å². The number of rotatable bonds is 10. The number of dihydropyridines is 1. The van der Waals surface area contributed by atoms with Gasteiger partial charge >= 0.3 is 0 Å². The van der Waals surface area contributed by atoms with Crippen molar-refractivity contribution in [3.8, 4) is 6.07 Å². The fraction of sp³-hybridized carbons (Fsp3) is 0.233. The Morgan fingerprint density at radius 3 is 2.54 bits per heavy atom. The van der Waals surface area contributed by atoms with Crippen LogP contribution >= 0.6 is 11.8 Å². The molecule has 2 heterocycles. The van der Waals surface area contributed by atoms with E-state index < -0.39 is 17.6 Å². The van der Waals surface area contributed by atoms with E-state index >= 15 is 0 Å². The van der Waals surface area contributed by atoms with Crippen molar-refractivity contribution in [2.24, 2.45) is 0 Å². The number of aryl methyl sites for hydroxylation is 1. The van der Waals surface area contributed by atoms with Crippen molar-refractivity contribution in [2.75, 3.05) is 16.4 Å². The van der Waals surface area contributed by atoms with Crippen LogP contribution in [0.2, 0.25) is 0 Å². The van der Waals surface area contributed by atoms with Gasteiger partial charge in [0, 0.05) is 11.4 Å². The third kappa shape index (κ3) is 6.78. The van der Waals surface area contributed by atoms with E-state index in [9.17, 15) is 19.2 Å². The molecule has 1 aliphatic rings. The molecule has 3 N–H and O–H groups in total. The van der Waals surface area contributed by atoms with E-state index in [1.165, 1.54) is 30.0 Å². The summed E-state index contributed by atoms with van der Waals surface area (Å²) in [5.74, 6) is -1.78. The first-order valence-corrected chi connectivity index (χ1v) is 13.6. The summed E-state index contributed by atoms with van der Waals surface area (Å²) in [5.41, 5.74) is 2.87. The Balaban J connectivity index is 1.51. The second-order valence-corrected chi connectivity index (χ2v) is 10.0. The Labute approximate surface area is 231 Å². The monoisotopic (exact) mass is 544 g/mol. The highest BCUT2D eigenvalue weighted by Crippen LogP contribution is 2.41. The van der Waals surface area contributed by atoms with Crippen LogP contribution in [0.5, 0.6) is 0 Å². The molecule has 0 saturated heterocycles. The average Bonchev–Trinajstić information content (AvgIpc) is 3.47.